The van der Waals surface area contributed by atoms with Crippen LogP contribution in [0.3, 0.4) is 0 Å². The van der Waals surface area contributed by atoms with E-state index in [2.05, 4.69) is 5.32 Å². The first-order valence-corrected chi connectivity index (χ1v) is 8.39. The van der Waals surface area contributed by atoms with Crippen molar-refractivity contribution in [1.82, 2.24) is 10.2 Å². The zero-order valence-electron chi connectivity index (χ0n) is 14.0. The molecular weight excluding hydrogens is 302 g/mol. The summed E-state index contributed by atoms with van der Waals surface area (Å²) in [5, 5.41) is 3.11. The number of hydrogen-bond donors (Lipinski definition) is 2. The zero-order chi connectivity index (χ0) is 15.7. The van der Waals surface area contributed by atoms with Gasteiger partial charge in [0.05, 0.1) is 0 Å². The number of amides is 2. The van der Waals surface area contributed by atoms with Crippen molar-refractivity contribution in [2.45, 2.75) is 64.8 Å². The lowest BCUT2D eigenvalue weighted by Gasteiger charge is -2.31. The quantitative estimate of drug-likeness (QED) is 0.714. The fourth-order valence-electron chi connectivity index (χ4n) is 3.09. The first-order chi connectivity index (χ1) is 10.1. The Morgan fingerprint density at radius 3 is 2.36 bits per heavy atom. The average Bonchev–Trinajstić information content (AvgIpc) is 2.49. The maximum atomic E-state index is 12.0. The average molecular weight is 334 g/mol. The summed E-state index contributed by atoms with van der Waals surface area (Å²) >= 11 is 0. The number of halogens is 1. The van der Waals surface area contributed by atoms with E-state index in [0.29, 0.717) is 31.7 Å². The topological polar surface area (TPSA) is 75.4 Å². The Kier molecular flexibility index (Phi) is 11.3. The largest absolute Gasteiger partial charge is 0.353 e. The minimum Gasteiger partial charge on any atom is -0.353 e. The van der Waals surface area contributed by atoms with Gasteiger partial charge in [0, 0.05) is 32.0 Å². The van der Waals surface area contributed by atoms with Gasteiger partial charge in [0.25, 0.3) is 0 Å². The molecule has 5 nitrogen and oxygen atoms in total. The normalized spacial score (nSPS) is 20.9. The van der Waals surface area contributed by atoms with Crippen molar-refractivity contribution in [3.05, 3.63) is 0 Å². The molecule has 22 heavy (non-hydrogen) atoms. The number of nitrogens with one attached hydrogen (secondary N) is 1. The Hall–Kier alpha value is -0.810. The van der Waals surface area contributed by atoms with Crippen LogP contribution < -0.4 is 11.1 Å². The maximum absolute atomic E-state index is 12.0. The van der Waals surface area contributed by atoms with Crippen molar-refractivity contribution in [2.75, 3.05) is 19.6 Å². The molecule has 2 amide bonds. The van der Waals surface area contributed by atoms with E-state index in [-0.39, 0.29) is 30.3 Å². The van der Waals surface area contributed by atoms with E-state index in [9.17, 15) is 9.59 Å². The second-order valence-electron chi connectivity index (χ2n) is 5.87. The lowest BCUT2D eigenvalue weighted by Crippen LogP contribution is -2.44. The van der Waals surface area contributed by atoms with Gasteiger partial charge in [0.1, 0.15) is 0 Å². The van der Waals surface area contributed by atoms with Crippen molar-refractivity contribution in [2.24, 2.45) is 11.7 Å². The maximum Gasteiger partial charge on any atom is 0.222 e. The van der Waals surface area contributed by atoms with Crippen molar-refractivity contribution in [3.63, 3.8) is 0 Å². The van der Waals surface area contributed by atoms with Crippen LogP contribution in [-0.4, -0.2) is 42.4 Å². The van der Waals surface area contributed by atoms with E-state index in [1.54, 1.807) is 0 Å². The van der Waals surface area contributed by atoms with E-state index in [1.807, 2.05) is 18.7 Å². The predicted molar refractivity (Wildman–Crippen MR) is 92.0 cm³/mol. The molecule has 1 aliphatic carbocycles. The fourth-order valence-corrected chi connectivity index (χ4v) is 3.09. The van der Waals surface area contributed by atoms with Gasteiger partial charge >= 0.3 is 0 Å². The fraction of sp³-hybridized carbons (Fsp3) is 0.875. The highest BCUT2D eigenvalue weighted by Crippen LogP contribution is 2.23. The number of nitrogens with two attached hydrogens (primary N) is 1. The molecule has 6 heteroatoms. The van der Waals surface area contributed by atoms with Crippen LogP contribution in [0.15, 0.2) is 0 Å². The van der Waals surface area contributed by atoms with E-state index in [4.69, 9.17) is 5.73 Å². The third-order valence-electron chi connectivity index (χ3n) is 4.47. The van der Waals surface area contributed by atoms with Crippen molar-refractivity contribution in [1.29, 1.82) is 0 Å². The summed E-state index contributed by atoms with van der Waals surface area (Å²) < 4.78 is 0. The number of carbonyl (C=O) groups is 2. The van der Waals surface area contributed by atoms with Gasteiger partial charge in [-0.1, -0.05) is 12.8 Å². The Labute approximate surface area is 140 Å². The molecule has 0 aromatic carbocycles. The van der Waals surface area contributed by atoms with Gasteiger partial charge in [-0.3, -0.25) is 9.59 Å². The first kappa shape index (κ1) is 21.2. The van der Waals surface area contributed by atoms with E-state index in [1.165, 1.54) is 12.8 Å². The van der Waals surface area contributed by atoms with Gasteiger partial charge in [0.15, 0.2) is 0 Å². The van der Waals surface area contributed by atoms with Crippen LogP contribution in [0, 0.1) is 5.92 Å². The second kappa shape index (κ2) is 11.7. The van der Waals surface area contributed by atoms with Crippen LogP contribution >= 0.6 is 12.4 Å². The molecule has 0 spiro atoms. The third-order valence-corrected chi connectivity index (χ3v) is 4.47. The van der Waals surface area contributed by atoms with E-state index < -0.39 is 0 Å². The van der Waals surface area contributed by atoms with Crippen molar-refractivity contribution in [3.8, 4) is 0 Å². The van der Waals surface area contributed by atoms with Crippen molar-refractivity contribution < 1.29 is 9.59 Å². The number of nitrogens with zero attached hydrogens (tertiary/aromatic N) is 1. The molecule has 1 aliphatic rings. The van der Waals surface area contributed by atoms with Gasteiger partial charge in [-0.25, -0.2) is 0 Å². The lowest BCUT2D eigenvalue weighted by molar-refractivity contribution is -0.131. The number of hydrogen-bond acceptors (Lipinski definition) is 3. The molecule has 130 valence electrons. The summed E-state index contributed by atoms with van der Waals surface area (Å²) in [5.74, 6) is 0.623. The van der Waals surface area contributed by atoms with Crippen LogP contribution in [0.4, 0.5) is 0 Å². The van der Waals surface area contributed by atoms with Gasteiger partial charge in [-0.15, -0.1) is 12.4 Å². The number of rotatable bonds is 8. The van der Waals surface area contributed by atoms with Gasteiger partial charge in [0.2, 0.25) is 11.8 Å². The molecular formula is C16H32ClN3O2. The molecule has 0 aromatic heterocycles. The van der Waals surface area contributed by atoms with E-state index >= 15 is 0 Å². The molecule has 1 saturated carbocycles. The molecule has 3 N–H and O–H groups in total. The Morgan fingerprint density at radius 2 is 1.77 bits per heavy atom. The SMILES string of the molecule is CCN(CC)C(=O)CCCC(=O)NC1CCCCC1CN.Cl. The molecule has 1 rings (SSSR count). The number of carbonyl (C=O) groups excluding carboxylic acids is 2. The summed E-state index contributed by atoms with van der Waals surface area (Å²) in [6, 6.07) is 0.231. The molecule has 0 aromatic rings. The molecule has 1 fully saturated rings. The highest BCUT2D eigenvalue weighted by molar-refractivity contribution is 5.85. The summed E-state index contributed by atoms with van der Waals surface area (Å²) in [7, 11) is 0. The smallest absolute Gasteiger partial charge is 0.222 e. The molecule has 0 radical (unpaired) electrons. The Morgan fingerprint density at radius 1 is 1.14 bits per heavy atom. The van der Waals surface area contributed by atoms with Gasteiger partial charge in [-0.2, -0.15) is 0 Å². The minimum absolute atomic E-state index is 0. The van der Waals surface area contributed by atoms with E-state index in [0.717, 1.165) is 25.9 Å². The molecule has 0 aliphatic heterocycles. The van der Waals surface area contributed by atoms with Crippen molar-refractivity contribution >= 4 is 24.2 Å². The summed E-state index contributed by atoms with van der Waals surface area (Å²) in [5.41, 5.74) is 5.77. The lowest BCUT2D eigenvalue weighted by atomic mass is 9.84. The molecule has 0 saturated heterocycles. The first-order valence-electron chi connectivity index (χ1n) is 8.39. The zero-order valence-corrected chi connectivity index (χ0v) is 14.8. The third kappa shape index (κ3) is 6.97. The standard InChI is InChI=1S/C16H31N3O2.ClH/c1-3-19(4-2)16(21)11-7-10-15(20)18-14-9-6-5-8-13(14)12-17;/h13-14H,3-12,17H2,1-2H3,(H,18,20);1H. The summed E-state index contributed by atoms with van der Waals surface area (Å²) in [6.07, 6.45) is 6.05. The Bertz CT molecular complexity index is 335. The molecule has 2 atom stereocenters. The summed E-state index contributed by atoms with van der Waals surface area (Å²) in [4.78, 5) is 25.6. The van der Waals surface area contributed by atoms with Crippen LogP contribution in [0.5, 0.6) is 0 Å². The molecule has 2 unspecified atom stereocenters. The van der Waals surface area contributed by atoms with Crippen LogP contribution in [0.25, 0.3) is 0 Å². The van der Waals surface area contributed by atoms with Gasteiger partial charge < -0.3 is 16.0 Å². The second-order valence-corrected chi connectivity index (χ2v) is 5.87. The molecule has 0 heterocycles. The Balaban J connectivity index is 0.00000441. The highest BCUT2D eigenvalue weighted by atomic mass is 35.5. The molecule has 0 bridgehead atoms. The highest BCUT2D eigenvalue weighted by Gasteiger charge is 2.25. The van der Waals surface area contributed by atoms with Gasteiger partial charge in [-0.05, 0) is 45.6 Å². The van der Waals surface area contributed by atoms with Crippen LogP contribution in [0.1, 0.15) is 58.8 Å². The monoisotopic (exact) mass is 333 g/mol. The summed E-state index contributed by atoms with van der Waals surface area (Å²) in [6.45, 7) is 6.07. The minimum atomic E-state index is 0. The van der Waals surface area contributed by atoms with Crippen LogP contribution in [-0.2, 0) is 9.59 Å². The van der Waals surface area contributed by atoms with Crippen LogP contribution in [0.2, 0.25) is 0 Å². The predicted octanol–water partition coefficient (Wildman–Crippen LogP) is 2.08.